The van der Waals surface area contributed by atoms with Crippen LogP contribution in [0.1, 0.15) is 31.4 Å². The van der Waals surface area contributed by atoms with Crippen LogP contribution in [-0.4, -0.2) is 23.6 Å². The van der Waals surface area contributed by atoms with E-state index < -0.39 is 11.2 Å². The summed E-state index contributed by atoms with van der Waals surface area (Å²) in [6.45, 7) is 4.31. The molecule has 0 amide bonds. The van der Waals surface area contributed by atoms with Crippen LogP contribution in [0.2, 0.25) is 0 Å². The molecule has 5 rings (SSSR count). The van der Waals surface area contributed by atoms with Crippen LogP contribution < -0.4 is 20.9 Å². The van der Waals surface area contributed by atoms with Gasteiger partial charge in [-0.05, 0) is 44.4 Å². The lowest BCUT2D eigenvalue weighted by atomic mass is 9.93. The van der Waals surface area contributed by atoms with E-state index in [0.29, 0.717) is 29.0 Å². The molecule has 8 heteroatoms. The van der Waals surface area contributed by atoms with Crippen LogP contribution in [0.4, 0.5) is 27.4 Å². The van der Waals surface area contributed by atoms with Crippen molar-refractivity contribution in [3.8, 4) is 17.9 Å². The Morgan fingerprint density at radius 1 is 1.25 bits per heavy atom. The number of anilines is 4. The molecule has 2 aliphatic rings. The third-order valence-electron chi connectivity index (χ3n) is 5.79. The molecule has 7 nitrogen and oxygen atoms in total. The van der Waals surface area contributed by atoms with Crippen molar-refractivity contribution < 1.29 is 4.39 Å². The van der Waals surface area contributed by atoms with E-state index >= 15 is 4.39 Å². The molecule has 0 unspecified atom stereocenters. The molecule has 32 heavy (non-hydrogen) atoms. The third kappa shape index (κ3) is 3.17. The van der Waals surface area contributed by atoms with Crippen LogP contribution in [0.3, 0.4) is 0 Å². The number of benzene rings is 1. The molecule has 0 spiro atoms. The van der Waals surface area contributed by atoms with Crippen LogP contribution in [0.5, 0.6) is 0 Å². The van der Waals surface area contributed by atoms with Gasteiger partial charge >= 0.3 is 0 Å². The number of hydrogen-bond donors (Lipinski definition) is 2. The van der Waals surface area contributed by atoms with Gasteiger partial charge in [-0.1, -0.05) is 17.9 Å². The minimum atomic E-state index is -0.727. The molecular formula is C24H22FN7. The molecule has 3 aromatic rings. The van der Waals surface area contributed by atoms with Crippen LogP contribution in [-0.2, 0) is 6.42 Å². The van der Waals surface area contributed by atoms with Gasteiger partial charge < -0.3 is 4.90 Å². The number of hydrogen-bond acceptors (Lipinski definition) is 7. The second-order valence-corrected chi connectivity index (χ2v) is 8.52. The van der Waals surface area contributed by atoms with E-state index in [-0.39, 0.29) is 0 Å². The van der Waals surface area contributed by atoms with Gasteiger partial charge in [-0.3, -0.25) is 15.4 Å². The van der Waals surface area contributed by atoms with E-state index in [0.717, 1.165) is 35.3 Å². The van der Waals surface area contributed by atoms with E-state index in [4.69, 9.17) is 4.98 Å². The van der Waals surface area contributed by atoms with Gasteiger partial charge in [0.05, 0.1) is 17.7 Å². The highest BCUT2D eigenvalue weighted by Gasteiger charge is 2.29. The van der Waals surface area contributed by atoms with E-state index in [1.807, 2.05) is 25.2 Å². The van der Waals surface area contributed by atoms with Gasteiger partial charge in [0.25, 0.3) is 0 Å². The summed E-state index contributed by atoms with van der Waals surface area (Å²) in [5.41, 5.74) is 9.03. The molecule has 160 valence electrons. The fourth-order valence-electron chi connectivity index (χ4n) is 4.21. The van der Waals surface area contributed by atoms with Gasteiger partial charge in [0.2, 0.25) is 0 Å². The first-order valence-electron chi connectivity index (χ1n) is 10.5. The summed E-state index contributed by atoms with van der Waals surface area (Å²) < 4.78 is 15.1. The molecular weight excluding hydrogens is 405 g/mol. The first-order valence-corrected chi connectivity index (χ1v) is 10.5. The number of nitrogens with one attached hydrogen (secondary N) is 2. The predicted octanol–water partition coefficient (Wildman–Crippen LogP) is 4.04. The summed E-state index contributed by atoms with van der Waals surface area (Å²) in [6, 6.07) is 8.16. The quantitative estimate of drug-likeness (QED) is 0.568. The number of nitrogens with zero attached hydrogens (tertiary/aromatic N) is 5. The van der Waals surface area contributed by atoms with Crippen LogP contribution in [0.15, 0.2) is 30.6 Å². The number of halogens is 1. The summed E-state index contributed by atoms with van der Waals surface area (Å²) in [4.78, 5) is 10.9. The van der Waals surface area contributed by atoms with Crippen LogP contribution in [0, 0.1) is 34.4 Å². The normalized spacial score (nSPS) is 14.8. The van der Waals surface area contributed by atoms with Crippen molar-refractivity contribution in [2.24, 2.45) is 5.41 Å². The Hall–Kier alpha value is -3.88. The summed E-state index contributed by atoms with van der Waals surface area (Å²) in [5.74, 6) is 7.03. The lowest BCUT2D eigenvalue weighted by Crippen LogP contribution is -2.31. The van der Waals surface area contributed by atoms with Gasteiger partial charge in [-0.25, -0.2) is 9.37 Å². The number of pyridine rings is 2. The summed E-state index contributed by atoms with van der Waals surface area (Å²) in [5, 5.41) is 12.2. The number of fused-ring (bicyclic) bond motifs is 4. The van der Waals surface area contributed by atoms with E-state index in [1.54, 1.807) is 25.1 Å². The maximum Gasteiger partial charge on any atom is 0.169 e. The maximum atomic E-state index is 15.1. The van der Waals surface area contributed by atoms with E-state index in [9.17, 15) is 5.26 Å². The zero-order valence-corrected chi connectivity index (χ0v) is 18.1. The maximum absolute atomic E-state index is 15.1. The van der Waals surface area contributed by atoms with Crippen molar-refractivity contribution in [2.75, 3.05) is 28.9 Å². The Labute approximate surface area is 185 Å². The topological polar surface area (TPSA) is 80.1 Å². The standard InChI is InChI=1S/C24H22FN7/c1-24(2,14-26)10-9-15-6-4-8-19-16(15)7-5-11-32(19)23-20-17(12-27-13-18(20)25)21-22(28-23)29-30-31(21)3/h4,6,8,12-13,30H,5,7,11H2,1-3H3,(H,28,29). The Kier molecular flexibility index (Phi) is 4.61. The Morgan fingerprint density at radius 2 is 2.09 bits per heavy atom. The highest BCUT2D eigenvalue weighted by atomic mass is 19.1. The van der Waals surface area contributed by atoms with Crippen LogP contribution in [0.25, 0.3) is 10.8 Å². The SMILES string of the molecule is CN1NNc2nc(N3CCCc4c(C#CC(C)(C)C#N)cccc43)c3c(F)cncc3c21. The highest BCUT2D eigenvalue weighted by Crippen LogP contribution is 2.43. The smallest absolute Gasteiger partial charge is 0.169 e. The van der Waals surface area contributed by atoms with E-state index in [1.165, 1.54) is 6.20 Å². The van der Waals surface area contributed by atoms with Crippen molar-refractivity contribution in [1.82, 2.24) is 15.5 Å². The van der Waals surface area contributed by atoms with Gasteiger partial charge in [0.15, 0.2) is 11.6 Å². The average Bonchev–Trinajstić information content (AvgIpc) is 3.18. The Bertz CT molecular complexity index is 1350. The van der Waals surface area contributed by atoms with Gasteiger partial charge in [-0.2, -0.15) is 5.26 Å². The molecule has 0 bridgehead atoms. The predicted molar refractivity (Wildman–Crippen MR) is 123 cm³/mol. The molecule has 0 fully saturated rings. The lowest BCUT2D eigenvalue weighted by molar-refractivity contribution is 0.633. The molecule has 2 aliphatic heterocycles. The number of aromatic nitrogens is 2. The molecule has 1 aromatic carbocycles. The zero-order valence-electron chi connectivity index (χ0n) is 18.1. The molecule has 0 aliphatic carbocycles. The van der Waals surface area contributed by atoms with Crippen molar-refractivity contribution in [3.05, 3.63) is 47.5 Å². The molecule has 0 atom stereocenters. The van der Waals surface area contributed by atoms with Crippen LogP contribution >= 0.6 is 0 Å². The second-order valence-electron chi connectivity index (χ2n) is 8.52. The third-order valence-corrected chi connectivity index (χ3v) is 5.79. The zero-order chi connectivity index (χ0) is 22.5. The molecule has 4 heterocycles. The molecule has 0 saturated heterocycles. The summed E-state index contributed by atoms with van der Waals surface area (Å²) >= 11 is 0. The largest absolute Gasteiger partial charge is 0.325 e. The summed E-state index contributed by atoms with van der Waals surface area (Å²) in [6.07, 6.45) is 4.64. The minimum absolute atomic E-state index is 0.410. The average molecular weight is 427 g/mol. The number of hydrazine groups is 2. The molecule has 0 radical (unpaired) electrons. The number of nitriles is 1. The molecule has 0 saturated carbocycles. The number of rotatable bonds is 1. The Morgan fingerprint density at radius 3 is 2.91 bits per heavy atom. The first kappa shape index (κ1) is 20.0. The van der Waals surface area contributed by atoms with Gasteiger partial charge in [0.1, 0.15) is 16.9 Å². The highest BCUT2D eigenvalue weighted by molar-refractivity contribution is 6.06. The minimum Gasteiger partial charge on any atom is -0.325 e. The lowest BCUT2D eigenvalue weighted by Gasteiger charge is -2.32. The van der Waals surface area contributed by atoms with Crippen molar-refractivity contribution >= 4 is 33.8 Å². The van der Waals surface area contributed by atoms with E-state index in [2.05, 4.69) is 38.8 Å². The Balaban J connectivity index is 1.70. The summed E-state index contributed by atoms with van der Waals surface area (Å²) in [7, 11) is 1.84. The first-order chi connectivity index (χ1) is 15.4. The monoisotopic (exact) mass is 427 g/mol. The van der Waals surface area contributed by atoms with Crippen molar-refractivity contribution in [2.45, 2.75) is 26.7 Å². The van der Waals surface area contributed by atoms with Crippen molar-refractivity contribution in [1.29, 1.82) is 5.26 Å². The van der Waals surface area contributed by atoms with Gasteiger partial charge in [0, 0.05) is 36.4 Å². The van der Waals surface area contributed by atoms with Gasteiger partial charge in [-0.15, -0.1) is 5.53 Å². The fraction of sp³-hybridized carbons (Fsp3) is 0.292. The van der Waals surface area contributed by atoms with Crippen molar-refractivity contribution in [3.63, 3.8) is 0 Å². The molecule has 2 N–H and O–H groups in total. The second kappa shape index (κ2) is 7.37. The fourth-order valence-corrected chi connectivity index (χ4v) is 4.21. The molecule has 2 aromatic heterocycles.